The average Bonchev–Trinajstić information content (AvgIpc) is 2.64. The molecule has 0 saturated carbocycles. The van der Waals surface area contributed by atoms with Crippen LogP contribution in [0.5, 0.6) is 0 Å². The summed E-state index contributed by atoms with van der Waals surface area (Å²) in [5.41, 5.74) is 6.07. The van der Waals surface area contributed by atoms with Crippen molar-refractivity contribution in [3.63, 3.8) is 0 Å². The van der Waals surface area contributed by atoms with Gasteiger partial charge in [-0.3, -0.25) is 4.90 Å². The summed E-state index contributed by atoms with van der Waals surface area (Å²) >= 11 is 5.35. The molecule has 5 heteroatoms. The first-order valence-corrected chi connectivity index (χ1v) is 7.51. The average molecular weight is 340 g/mol. The molecule has 17 heavy (non-hydrogen) atoms. The third-order valence-corrected chi connectivity index (χ3v) is 4.87. The summed E-state index contributed by atoms with van der Waals surface area (Å²) in [5.74, 6) is 0. The van der Waals surface area contributed by atoms with Gasteiger partial charge in [0.25, 0.3) is 0 Å². The molecule has 2 nitrogen and oxygen atoms in total. The molecule has 98 valence electrons. The summed E-state index contributed by atoms with van der Waals surface area (Å²) in [7, 11) is 0. The van der Waals surface area contributed by atoms with E-state index < -0.39 is 0 Å². The molecule has 1 saturated heterocycles. The van der Waals surface area contributed by atoms with Gasteiger partial charge in [-0.15, -0.1) is 23.7 Å². The summed E-state index contributed by atoms with van der Waals surface area (Å²) in [6.45, 7) is 4.39. The molecule has 0 amide bonds. The van der Waals surface area contributed by atoms with Crippen LogP contribution in [0.4, 0.5) is 0 Å². The van der Waals surface area contributed by atoms with E-state index in [1.54, 1.807) is 0 Å². The molecule has 2 heterocycles. The SMILES string of the molecule is CC(N)C1CCCCN1Cc1ccc(Br)s1.Cl. The van der Waals surface area contributed by atoms with Gasteiger partial charge in [0, 0.05) is 23.5 Å². The highest BCUT2D eigenvalue weighted by Gasteiger charge is 2.25. The molecule has 0 radical (unpaired) electrons. The molecule has 0 aromatic carbocycles. The van der Waals surface area contributed by atoms with Gasteiger partial charge in [0.1, 0.15) is 0 Å². The van der Waals surface area contributed by atoms with E-state index in [4.69, 9.17) is 5.73 Å². The number of hydrogen-bond donors (Lipinski definition) is 1. The van der Waals surface area contributed by atoms with Crippen LogP contribution in [0.1, 0.15) is 31.1 Å². The number of piperidine rings is 1. The first-order chi connectivity index (χ1) is 7.66. The van der Waals surface area contributed by atoms with E-state index in [-0.39, 0.29) is 18.4 Å². The summed E-state index contributed by atoms with van der Waals surface area (Å²) < 4.78 is 1.22. The van der Waals surface area contributed by atoms with Crippen LogP contribution >= 0.6 is 39.7 Å². The number of thiophene rings is 1. The Labute approximate surface area is 122 Å². The van der Waals surface area contributed by atoms with Gasteiger partial charge in [0.05, 0.1) is 3.79 Å². The molecule has 2 rings (SSSR count). The summed E-state index contributed by atoms with van der Waals surface area (Å²) in [6, 6.07) is 5.19. The number of nitrogens with zero attached hydrogens (tertiary/aromatic N) is 1. The molecule has 0 bridgehead atoms. The van der Waals surface area contributed by atoms with Crippen LogP contribution < -0.4 is 5.73 Å². The minimum atomic E-state index is 0. The largest absolute Gasteiger partial charge is 0.327 e. The third-order valence-electron chi connectivity index (χ3n) is 3.26. The van der Waals surface area contributed by atoms with Crippen LogP contribution in [-0.4, -0.2) is 23.5 Å². The van der Waals surface area contributed by atoms with Crippen molar-refractivity contribution in [2.24, 2.45) is 5.73 Å². The third kappa shape index (κ3) is 4.21. The van der Waals surface area contributed by atoms with E-state index in [2.05, 4.69) is 39.9 Å². The molecule has 2 unspecified atom stereocenters. The second-order valence-corrected chi connectivity index (χ2v) is 7.15. The van der Waals surface area contributed by atoms with Crippen LogP contribution in [0.3, 0.4) is 0 Å². The first kappa shape index (κ1) is 15.4. The number of halogens is 2. The van der Waals surface area contributed by atoms with Gasteiger partial charge in [-0.05, 0) is 54.4 Å². The maximum atomic E-state index is 6.07. The normalized spacial score (nSPS) is 23.1. The number of hydrogen-bond acceptors (Lipinski definition) is 3. The number of rotatable bonds is 3. The first-order valence-electron chi connectivity index (χ1n) is 5.90. The van der Waals surface area contributed by atoms with E-state index >= 15 is 0 Å². The second kappa shape index (κ2) is 7.10. The van der Waals surface area contributed by atoms with E-state index in [1.807, 2.05) is 11.3 Å². The minimum absolute atomic E-state index is 0. The van der Waals surface area contributed by atoms with Crippen LogP contribution in [0.15, 0.2) is 15.9 Å². The fourth-order valence-electron chi connectivity index (χ4n) is 2.45. The molecule has 1 aliphatic heterocycles. The zero-order valence-corrected chi connectivity index (χ0v) is 13.3. The lowest BCUT2D eigenvalue weighted by molar-refractivity contribution is 0.124. The quantitative estimate of drug-likeness (QED) is 0.911. The van der Waals surface area contributed by atoms with Crippen molar-refractivity contribution < 1.29 is 0 Å². The molecule has 1 aromatic heterocycles. The molecule has 1 aliphatic rings. The Morgan fingerprint density at radius 2 is 2.29 bits per heavy atom. The number of nitrogens with two attached hydrogens (primary N) is 1. The molecular weight excluding hydrogens is 320 g/mol. The lowest BCUT2D eigenvalue weighted by Gasteiger charge is -2.37. The Morgan fingerprint density at radius 3 is 2.88 bits per heavy atom. The second-order valence-electron chi connectivity index (χ2n) is 4.60. The standard InChI is InChI=1S/C12H19BrN2S.ClH/c1-9(14)11-4-2-3-7-15(11)8-10-5-6-12(13)16-10;/h5-6,9,11H,2-4,7-8,14H2,1H3;1H. The monoisotopic (exact) mass is 338 g/mol. The number of likely N-dealkylation sites (tertiary alicyclic amines) is 1. The summed E-state index contributed by atoms with van der Waals surface area (Å²) in [4.78, 5) is 3.98. The zero-order valence-electron chi connectivity index (χ0n) is 10.1. The Bertz CT molecular complexity index is 343. The van der Waals surface area contributed by atoms with E-state index in [1.165, 1.54) is 34.5 Å². The minimum Gasteiger partial charge on any atom is -0.327 e. The Hall–Kier alpha value is 0.390. The van der Waals surface area contributed by atoms with Crippen LogP contribution in [0, 0.1) is 0 Å². The smallest absolute Gasteiger partial charge is 0.0701 e. The summed E-state index contributed by atoms with van der Waals surface area (Å²) in [6.07, 6.45) is 3.90. The van der Waals surface area contributed by atoms with E-state index in [0.29, 0.717) is 6.04 Å². The molecular formula is C12H20BrClN2S. The molecule has 1 aromatic rings. The molecule has 0 spiro atoms. The van der Waals surface area contributed by atoms with Crippen molar-refractivity contribution in [2.45, 2.75) is 44.8 Å². The van der Waals surface area contributed by atoms with Crippen molar-refractivity contribution in [2.75, 3.05) is 6.54 Å². The van der Waals surface area contributed by atoms with Gasteiger partial charge in [0.15, 0.2) is 0 Å². The van der Waals surface area contributed by atoms with Gasteiger partial charge in [0.2, 0.25) is 0 Å². The van der Waals surface area contributed by atoms with Crippen molar-refractivity contribution >= 4 is 39.7 Å². The maximum Gasteiger partial charge on any atom is 0.0701 e. The lowest BCUT2D eigenvalue weighted by Crippen LogP contribution is -2.48. The Morgan fingerprint density at radius 1 is 1.53 bits per heavy atom. The molecule has 1 fully saturated rings. The zero-order chi connectivity index (χ0) is 11.5. The topological polar surface area (TPSA) is 29.3 Å². The maximum absolute atomic E-state index is 6.07. The molecule has 2 N–H and O–H groups in total. The van der Waals surface area contributed by atoms with E-state index in [0.717, 1.165) is 6.54 Å². The van der Waals surface area contributed by atoms with Crippen molar-refractivity contribution in [3.8, 4) is 0 Å². The van der Waals surface area contributed by atoms with Gasteiger partial charge < -0.3 is 5.73 Å². The fourth-order valence-corrected chi connectivity index (χ4v) is 3.95. The van der Waals surface area contributed by atoms with Gasteiger partial charge in [-0.1, -0.05) is 6.42 Å². The van der Waals surface area contributed by atoms with E-state index in [9.17, 15) is 0 Å². The van der Waals surface area contributed by atoms with Crippen LogP contribution in [-0.2, 0) is 6.54 Å². The highest BCUT2D eigenvalue weighted by Crippen LogP contribution is 2.26. The van der Waals surface area contributed by atoms with Crippen molar-refractivity contribution in [1.29, 1.82) is 0 Å². The van der Waals surface area contributed by atoms with Crippen molar-refractivity contribution in [3.05, 3.63) is 20.8 Å². The fraction of sp³-hybridized carbons (Fsp3) is 0.667. The van der Waals surface area contributed by atoms with Crippen LogP contribution in [0.2, 0.25) is 0 Å². The molecule has 0 aliphatic carbocycles. The Balaban J connectivity index is 0.00000144. The van der Waals surface area contributed by atoms with Crippen molar-refractivity contribution in [1.82, 2.24) is 4.90 Å². The van der Waals surface area contributed by atoms with Gasteiger partial charge >= 0.3 is 0 Å². The lowest BCUT2D eigenvalue weighted by atomic mass is 9.97. The predicted molar refractivity (Wildman–Crippen MR) is 81.0 cm³/mol. The summed E-state index contributed by atoms with van der Waals surface area (Å²) in [5, 5.41) is 0. The Kier molecular flexibility index (Phi) is 6.45. The highest BCUT2D eigenvalue weighted by molar-refractivity contribution is 9.11. The predicted octanol–water partition coefficient (Wildman–Crippen LogP) is 3.63. The van der Waals surface area contributed by atoms with Gasteiger partial charge in [-0.2, -0.15) is 0 Å². The van der Waals surface area contributed by atoms with Crippen LogP contribution in [0.25, 0.3) is 0 Å². The highest BCUT2D eigenvalue weighted by atomic mass is 79.9. The molecule has 2 atom stereocenters. The van der Waals surface area contributed by atoms with Gasteiger partial charge in [-0.25, -0.2) is 0 Å².